The number of rotatable bonds is 2. The predicted octanol–water partition coefficient (Wildman–Crippen LogP) is 1.23. The van der Waals surface area contributed by atoms with Crippen LogP contribution in [0, 0.1) is 5.92 Å². The van der Waals surface area contributed by atoms with Gasteiger partial charge in [-0.15, -0.1) is 5.10 Å². The van der Waals surface area contributed by atoms with Crippen molar-refractivity contribution in [1.82, 2.24) is 20.4 Å². The fourth-order valence-corrected chi connectivity index (χ4v) is 3.09. The van der Waals surface area contributed by atoms with Crippen LogP contribution in [0.4, 0.5) is 0 Å². The first-order valence-corrected chi connectivity index (χ1v) is 7.08. The van der Waals surface area contributed by atoms with Crippen LogP contribution in [0.1, 0.15) is 25.0 Å². The maximum absolute atomic E-state index is 11.4. The zero-order valence-corrected chi connectivity index (χ0v) is 11.4. The molecule has 1 aromatic heterocycles. The third kappa shape index (κ3) is 3.04. The Labute approximate surface area is 117 Å². The van der Waals surface area contributed by atoms with Gasteiger partial charge < -0.3 is 5.32 Å². The van der Waals surface area contributed by atoms with Crippen LogP contribution in [0.2, 0.25) is 5.15 Å². The summed E-state index contributed by atoms with van der Waals surface area (Å²) in [5, 5.41) is 11.5. The number of amides is 1. The SMILES string of the molecule is O=C1CCC2CN(Cc3ccc(Cl)nn3)CCC2N1. The van der Waals surface area contributed by atoms with Crippen molar-refractivity contribution in [1.29, 1.82) is 0 Å². The second-order valence-electron chi connectivity index (χ2n) is 5.34. The number of halogens is 1. The van der Waals surface area contributed by atoms with Crippen LogP contribution in [0.5, 0.6) is 0 Å². The van der Waals surface area contributed by atoms with E-state index in [1.54, 1.807) is 6.07 Å². The van der Waals surface area contributed by atoms with Gasteiger partial charge in [-0.05, 0) is 30.9 Å². The minimum atomic E-state index is 0.207. The Hall–Kier alpha value is -1.20. The molecule has 3 heterocycles. The van der Waals surface area contributed by atoms with Crippen molar-refractivity contribution in [3.63, 3.8) is 0 Å². The predicted molar refractivity (Wildman–Crippen MR) is 71.6 cm³/mol. The number of carbonyl (C=O) groups is 1. The van der Waals surface area contributed by atoms with Gasteiger partial charge in [-0.3, -0.25) is 9.69 Å². The number of fused-ring (bicyclic) bond motifs is 1. The van der Waals surface area contributed by atoms with Crippen molar-refractivity contribution in [3.8, 4) is 0 Å². The molecule has 102 valence electrons. The van der Waals surface area contributed by atoms with E-state index in [-0.39, 0.29) is 5.91 Å². The Bertz CT molecular complexity index is 464. The largest absolute Gasteiger partial charge is 0.353 e. The summed E-state index contributed by atoms with van der Waals surface area (Å²) < 4.78 is 0. The lowest BCUT2D eigenvalue weighted by Crippen LogP contribution is -2.53. The van der Waals surface area contributed by atoms with Gasteiger partial charge in [0.15, 0.2) is 5.15 Å². The average molecular weight is 281 g/mol. The highest BCUT2D eigenvalue weighted by Gasteiger charge is 2.33. The molecule has 2 aliphatic heterocycles. The summed E-state index contributed by atoms with van der Waals surface area (Å²) in [4.78, 5) is 13.8. The molecule has 1 N–H and O–H groups in total. The maximum Gasteiger partial charge on any atom is 0.220 e. The highest BCUT2D eigenvalue weighted by molar-refractivity contribution is 6.29. The minimum Gasteiger partial charge on any atom is -0.353 e. The topological polar surface area (TPSA) is 58.1 Å². The van der Waals surface area contributed by atoms with E-state index < -0.39 is 0 Å². The normalized spacial score (nSPS) is 27.7. The second kappa shape index (κ2) is 5.43. The van der Waals surface area contributed by atoms with Crippen molar-refractivity contribution in [2.75, 3.05) is 13.1 Å². The van der Waals surface area contributed by atoms with E-state index in [1.165, 1.54) is 0 Å². The van der Waals surface area contributed by atoms with E-state index in [1.807, 2.05) is 6.07 Å². The van der Waals surface area contributed by atoms with E-state index >= 15 is 0 Å². The van der Waals surface area contributed by atoms with Gasteiger partial charge in [-0.25, -0.2) is 0 Å². The van der Waals surface area contributed by atoms with Crippen LogP contribution >= 0.6 is 11.6 Å². The summed E-state index contributed by atoms with van der Waals surface area (Å²) in [6, 6.07) is 4.07. The van der Waals surface area contributed by atoms with Crippen LogP contribution in [-0.4, -0.2) is 40.1 Å². The molecule has 1 amide bonds. The van der Waals surface area contributed by atoms with Crippen molar-refractivity contribution < 1.29 is 4.79 Å². The van der Waals surface area contributed by atoms with E-state index in [0.29, 0.717) is 23.5 Å². The summed E-state index contributed by atoms with van der Waals surface area (Å²) in [6.07, 6.45) is 2.69. The number of hydrogen-bond donors (Lipinski definition) is 1. The molecule has 0 aliphatic carbocycles. The van der Waals surface area contributed by atoms with Crippen molar-refractivity contribution in [2.45, 2.75) is 31.8 Å². The lowest BCUT2D eigenvalue weighted by molar-refractivity contribution is -0.125. The number of carbonyl (C=O) groups excluding carboxylic acids is 1. The molecule has 3 rings (SSSR count). The number of aromatic nitrogens is 2. The molecule has 0 spiro atoms. The monoisotopic (exact) mass is 280 g/mol. The van der Waals surface area contributed by atoms with Crippen LogP contribution < -0.4 is 5.32 Å². The number of hydrogen-bond acceptors (Lipinski definition) is 4. The fourth-order valence-electron chi connectivity index (χ4n) is 2.99. The summed E-state index contributed by atoms with van der Waals surface area (Å²) in [7, 11) is 0. The van der Waals surface area contributed by atoms with Crippen LogP contribution in [0.3, 0.4) is 0 Å². The zero-order chi connectivity index (χ0) is 13.2. The van der Waals surface area contributed by atoms with Gasteiger partial charge in [0.2, 0.25) is 5.91 Å². The maximum atomic E-state index is 11.4. The Morgan fingerprint density at radius 3 is 3.05 bits per heavy atom. The molecule has 2 atom stereocenters. The Kier molecular flexibility index (Phi) is 3.66. The first-order valence-electron chi connectivity index (χ1n) is 6.70. The van der Waals surface area contributed by atoms with Gasteiger partial charge in [-0.2, -0.15) is 5.10 Å². The molecule has 0 radical (unpaired) electrons. The summed E-state index contributed by atoms with van der Waals surface area (Å²) in [5.41, 5.74) is 0.947. The van der Waals surface area contributed by atoms with Crippen molar-refractivity contribution in [3.05, 3.63) is 23.0 Å². The molecule has 19 heavy (non-hydrogen) atoms. The third-order valence-corrected chi connectivity index (χ3v) is 4.18. The summed E-state index contributed by atoms with van der Waals surface area (Å²) in [5.74, 6) is 0.782. The fraction of sp³-hybridized carbons (Fsp3) is 0.615. The van der Waals surface area contributed by atoms with Gasteiger partial charge in [0, 0.05) is 32.1 Å². The molecule has 6 heteroatoms. The van der Waals surface area contributed by atoms with Crippen LogP contribution in [0.25, 0.3) is 0 Å². The minimum absolute atomic E-state index is 0.207. The Morgan fingerprint density at radius 1 is 1.37 bits per heavy atom. The summed E-state index contributed by atoms with van der Waals surface area (Å²) >= 11 is 5.73. The van der Waals surface area contributed by atoms with Gasteiger partial charge in [0.1, 0.15) is 0 Å². The van der Waals surface area contributed by atoms with Crippen LogP contribution in [-0.2, 0) is 11.3 Å². The van der Waals surface area contributed by atoms with E-state index in [9.17, 15) is 4.79 Å². The molecule has 2 unspecified atom stereocenters. The molecular weight excluding hydrogens is 264 g/mol. The van der Waals surface area contributed by atoms with Gasteiger partial charge in [0.25, 0.3) is 0 Å². The number of nitrogens with one attached hydrogen (secondary N) is 1. The molecule has 2 aliphatic rings. The standard InChI is InChI=1S/C13H17ClN4O/c14-12-3-2-10(16-17-12)8-18-6-5-11-9(7-18)1-4-13(19)15-11/h2-3,9,11H,1,4-8H2,(H,15,19). The average Bonchev–Trinajstić information content (AvgIpc) is 2.42. The van der Waals surface area contributed by atoms with Crippen LogP contribution in [0.15, 0.2) is 12.1 Å². The van der Waals surface area contributed by atoms with Crippen molar-refractivity contribution in [2.24, 2.45) is 5.92 Å². The highest BCUT2D eigenvalue weighted by atomic mass is 35.5. The van der Waals surface area contributed by atoms with Gasteiger partial charge in [0.05, 0.1) is 5.69 Å². The molecule has 2 saturated heterocycles. The summed E-state index contributed by atoms with van der Waals surface area (Å²) in [6.45, 7) is 2.82. The van der Waals surface area contributed by atoms with E-state index in [4.69, 9.17) is 11.6 Å². The molecule has 0 saturated carbocycles. The Balaban J connectivity index is 1.59. The van der Waals surface area contributed by atoms with Crippen molar-refractivity contribution >= 4 is 17.5 Å². The Morgan fingerprint density at radius 2 is 2.26 bits per heavy atom. The molecule has 2 fully saturated rings. The number of likely N-dealkylation sites (tertiary alicyclic amines) is 1. The highest BCUT2D eigenvalue weighted by Crippen LogP contribution is 2.26. The number of nitrogens with zero attached hydrogens (tertiary/aromatic N) is 3. The smallest absolute Gasteiger partial charge is 0.220 e. The first-order chi connectivity index (χ1) is 9.20. The zero-order valence-electron chi connectivity index (χ0n) is 10.7. The first kappa shape index (κ1) is 12.8. The second-order valence-corrected chi connectivity index (χ2v) is 5.73. The van der Waals surface area contributed by atoms with Gasteiger partial charge in [-0.1, -0.05) is 11.6 Å². The molecule has 0 aromatic carbocycles. The molecular formula is C13H17ClN4O. The van der Waals surface area contributed by atoms with E-state index in [2.05, 4.69) is 20.4 Å². The van der Waals surface area contributed by atoms with E-state index in [0.717, 1.165) is 38.2 Å². The molecule has 0 bridgehead atoms. The lowest BCUT2D eigenvalue weighted by atomic mass is 9.85. The third-order valence-electron chi connectivity index (χ3n) is 3.98. The number of piperidine rings is 2. The van der Waals surface area contributed by atoms with Gasteiger partial charge >= 0.3 is 0 Å². The molecule has 5 nitrogen and oxygen atoms in total. The molecule has 1 aromatic rings. The quantitative estimate of drug-likeness (QED) is 0.885. The lowest BCUT2D eigenvalue weighted by Gasteiger charge is -2.41.